The molecule has 2 unspecified atom stereocenters. The lowest BCUT2D eigenvalue weighted by atomic mass is 9.85. The molecule has 0 spiro atoms. The van der Waals surface area contributed by atoms with E-state index in [-0.39, 0.29) is 12.0 Å². The van der Waals surface area contributed by atoms with E-state index in [0.29, 0.717) is 42.1 Å². The van der Waals surface area contributed by atoms with Crippen LogP contribution in [0, 0.1) is 19.8 Å². The van der Waals surface area contributed by atoms with Crippen LogP contribution in [0.4, 0.5) is 26.0 Å². The summed E-state index contributed by atoms with van der Waals surface area (Å²) in [6.45, 7) is 34.5. The van der Waals surface area contributed by atoms with E-state index in [0.717, 1.165) is 113 Å². The number of aromatic nitrogens is 14. The molecule has 2 atom stereocenters. The lowest BCUT2D eigenvalue weighted by Gasteiger charge is -2.26. The summed E-state index contributed by atoms with van der Waals surface area (Å²) in [5, 5.41) is 12.0. The monoisotopic (exact) mass is 1150 g/mol. The average Bonchev–Trinajstić information content (AvgIpc) is 4.23. The number of imidazole rings is 2. The predicted octanol–water partition coefficient (Wildman–Crippen LogP) is 11.5. The molecule has 0 aromatic carbocycles. The van der Waals surface area contributed by atoms with Gasteiger partial charge < -0.3 is 38.7 Å². The third-order valence-electron chi connectivity index (χ3n) is 13.8. The fourth-order valence-electron chi connectivity index (χ4n) is 10.2. The molecule has 0 saturated heterocycles. The lowest BCUT2D eigenvalue weighted by molar-refractivity contribution is -0.0294. The maximum Gasteiger partial charge on any atom is 0.519 e. The molecular weight excluding hydrogens is 1070 g/mol. The van der Waals surface area contributed by atoms with Gasteiger partial charge >= 0.3 is 18.4 Å². The van der Waals surface area contributed by atoms with Crippen LogP contribution >= 0.6 is 0 Å². The number of ether oxygens (including phenoxy) is 4. The summed E-state index contributed by atoms with van der Waals surface area (Å²) in [7, 11) is 0. The van der Waals surface area contributed by atoms with Gasteiger partial charge in [0.1, 0.15) is 52.8 Å². The van der Waals surface area contributed by atoms with Gasteiger partial charge in [0.05, 0.1) is 29.1 Å². The van der Waals surface area contributed by atoms with Gasteiger partial charge in [-0.25, -0.2) is 64.2 Å². The minimum Gasteiger partial charge on any atom is -0.442 e. The van der Waals surface area contributed by atoms with Gasteiger partial charge in [-0.1, -0.05) is 27.7 Å². The zero-order valence-electron chi connectivity index (χ0n) is 51.7. The molecule has 0 bridgehead atoms. The highest BCUT2D eigenvalue weighted by atomic mass is 16.8. The second kappa shape index (κ2) is 25.3. The number of anilines is 2. The summed E-state index contributed by atoms with van der Waals surface area (Å²) in [4.78, 5) is 85.1. The van der Waals surface area contributed by atoms with Crippen LogP contribution in [0.1, 0.15) is 164 Å². The Morgan fingerprint density at radius 3 is 1.52 bits per heavy atom. The highest BCUT2D eigenvalue weighted by Gasteiger charge is 2.33. The highest BCUT2D eigenvalue weighted by Crippen LogP contribution is 2.36. The molecule has 0 saturated carbocycles. The summed E-state index contributed by atoms with van der Waals surface area (Å²) >= 11 is 0. The molecule has 1 aliphatic heterocycles. The first kappa shape index (κ1) is 61.8. The smallest absolute Gasteiger partial charge is 0.442 e. The number of nitrogens with one attached hydrogen (secondary N) is 2. The van der Waals surface area contributed by atoms with Gasteiger partial charge in [-0.15, -0.1) is 0 Å². The number of carbonyl (C=O) groups excluding carboxylic acids is 3. The number of hydrogen-bond donors (Lipinski definition) is 2. The zero-order chi connectivity index (χ0) is 61.0. The van der Waals surface area contributed by atoms with Gasteiger partial charge in [-0.05, 0) is 157 Å². The molecule has 7 aromatic heterocycles. The molecule has 10 rings (SSSR count). The summed E-state index contributed by atoms with van der Waals surface area (Å²) in [6.07, 6.45) is 13.3. The Kier molecular flexibility index (Phi) is 18.6. The number of aryl methyl sites for hydroxylation is 4. The van der Waals surface area contributed by atoms with Gasteiger partial charge in [0, 0.05) is 55.7 Å². The van der Waals surface area contributed by atoms with Crippen molar-refractivity contribution in [2.24, 2.45) is 10.9 Å². The number of aliphatic imine (C=N–C) groups is 1. The molecule has 8 heterocycles. The zero-order valence-corrected chi connectivity index (χ0v) is 51.7. The molecule has 0 amide bonds. The minimum absolute atomic E-state index is 0.104. The Morgan fingerprint density at radius 2 is 1.08 bits per heavy atom. The number of nitrogens with zero attached hydrogens (tertiary/aromatic N) is 15. The predicted molar refractivity (Wildman–Crippen MR) is 320 cm³/mol. The van der Waals surface area contributed by atoms with Crippen LogP contribution in [0.5, 0.6) is 0 Å². The van der Waals surface area contributed by atoms with E-state index in [9.17, 15) is 14.4 Å². The van der Waals surface area contributed by atoms with Crippen molar-refractivity contribution in [3.05, 3.63) is 77.2 Å². The van der Waals surface area contributed by atoms with Gasteiger partial charge in [0.15, 0.2) is 34.0 Å². The number of hydrogen-bond acceptors (Lipinski definition) is 21. The van der Waals surface area contributed by atoms with Crippen LogP contribution in [0.25, 0.3) is 45.1 Å². The van der Waals surface area contributed by atoms with Crippen molar-refractivity contribution in [1.82, 2.24) is 68.8 Å². The Bertz CT molecular complexity index is 3550. The van der Waals surface area contributed by atoms with Gasteiger partial charge in [-0.3, -0.25) is 4.99 Å². The fraction of sp³-hybridized carbons (Fsp3) is 0.550. The molecule has 0 radical (unpaired) electrons. The Hall–Kier alpha value is -8.31. The van der Waals surface area contributed by atoms with Crippen LogP contribution in [0.15, 0.2) is 53.6 Å². The molecule has 7 aromatic rings. The van der Waals surface area contributed by atoms with E-state index in [1.165, 1.54) is 21.5 Å². The SMILES string of the molecule is CC(C)(C)OC(=O)OC(=O)OC(C)(C)C.CCn1c(-c2cnc(C)nc2)nc2c(NC3CCC4=C(C3)C(C(C)C)=NC4)ncnc21.CCn1c(-c2cnc(C)nc2)nc2c(NC3CCc4c(c(C(C)C)nn4C(=O)OC(C)(C)C)C3)ncnc21. The molecule has 3 aliphatic rings. The quantitative estimate of drug-likeness (QED) is 0.0731. The van der Waals surface area contributed by atoms with E-state index >= 15 is 0 Å². The molecule has 2 N–H and O–H groups in total. The van der Waals surface area contributed by atoms with Crippen LogP contribution in [0.2, 0.25) is 0 Å². The Labute approximate surface area is 490 Å². The Morgan fingerprint density at radius 1 is 0.619 bits per heavy atom. The molecule has 84 heavy (non-hydrogen) atoms. The third-order valence-corrected chi connectivity index (χ3v) is 13.8. The molecule has 2 aliphatic carbocycles. The normalized spacial score (nSPS) is 16.1. The molecular formula is C60H81N17O7. The van der Waals surface area contributed by atoms with Crippen LogP contribution in [0.3, 0.4) is 0 Å². The van der Waals surface area contributed by atoms with Gasteiger partial charge in [-0.2, -0.15) is 9.78 Å². The van der Waals surface area contributed by atoms with E-state index in [1.54, 1.807) is 66.6 Å². The second-order valence-corrected chi connectivity index (χ2v) is 24.7. The van der Waals surface area contributed by atoms with Crippen molar-refractivity contribution >= 4 is 58.1 Å². The average molecular weight is 1150 g/mol. The van der Waals surface area contributed by atoms with E-state index in [2.05, 4.69) is 106 Å². The topological polar surface area (TPSA) is 281 Å². The first-order chi connectivity index (χ1) is 39.6. The van der Waals surface area contributed by atoms with Crippen molar-refractivity contribution in [3.8, 4) is 22.8 Å². The van der Waals surface area contributed by atoms with Crippen molar-refractivity contribution in [1.29, 1.82) is 0 Å². The molecule has 0 fully saturated rings. The summed E-state index contributed by atoms with van der Waals surface area (Å²) in [5.74, 6) is 5.16. The second-order valence-electron chi connectivity index (χ2n) is 24.7. The lowest BCUT2D eigenvalue weighted by Crippen LogP contribution is -2.32. The van der Waals surface area contributed by atoms with Crippen molar-refractivity contribution in [2.75, 3.05) is 17.2 Å². The number of rotatable bonds is 10. The third kappa shape index (κ3) is 14.9. The van der Waals surface area contributed by atoms with Gasteiger partial charge in [0.25, 0.3) is 0 Å². The van der Waals surface area contributed by atoms with Crippen molar-refractivity contribution in [2.45, 2.75) is 204 Å². The minimum atomic E-state index is -1.06. The van der Waals surface area contributed by atoms with Crippen LogP contribution < -0.4 is 10.6 Å². The largest absolute Gasteiger partial charge is 0.519 e. The summed E-state index contributed by atoms with van der Waals surface area (Å²) < 4.78 is 25.0. The summed E-state index contributed by atoms with van der Waals surface area (Å²) in [5.41, 5.74) is 10.1. The first-order valence-electron chi connectivity index (χ1n) is 28.9. The summed E-state index contributed by atoms with van der Waals surface area (Å²) in [6, 6.07) is 0.421. The van der Waals surface area contributed by atoms with Crippen LogP contribution in [-0.4, -0.2) is 128 Å². The maximum absolute atomic E-state index is 12.9. The van der Waals surface area contributed by atoms with Crippen LogP contribution in [-0.2, 0) is 44.9 Å². The molecule has 24 nitrogen and oxygen atoms in total. The standard InChI is InChI=1S/C27H35N9O2.C23H28N8.C10H18O5/c1-8-35-24(17-12-28-16(4)29-13-17)33-22-23(30-14-31-25(22)35)32-18-9-10-20-19(11-18)21(15(2)3)34-36(20)26(37)38-27(5,6)7;1-5-31-22(16-10-24-14(4)25-11-16)30-20-21(27-12-28-23(20)31)29-17-7-6-15-9-26-19(13(2)3)18(15)8-17;1-9(2,3)14-7(11)13-8(12)15-10(4,5)6/h12-15,18H,8-11H2,1-7H3,(H,30,31,32);10-13,17H,5-9H2,1-4H3,(H,27,28,29);1-6H3. The molecule has 24 heteroatoms. The van der Waals surface area contributed by atoms with Crippen molar-refractivity contribution < 1.29 is 33.3 Å². The molecule has 448 valence electrons. The van der Waals surface area contributed by atoms with Gasteiger partial charge in [0.2, 0.25) is 0 Å². The van der Waals surface area contributed by atoms with E-state index in [4.69, 9.17) is 34.3 Å². The maximum atomic E-state index is 12.9. The van der Waals surface area contributed by atoms with E-state index in [1.807, 2.05) is 47.0 Å². The number of fused-ring (bicyclic) bond motifs is 3. The highest BCUT2D eigenvalue weighted by molar-refractivity contribution is 6.04. The Balaban J connectivity index is 0.000000180. The van der Waals surface area contributed by atoms with Crippen molar-refractivity contribution in [3.63, 3.8) is 0 Å². The first-order valence-corrected chi connectivity index (χ1v) is 28.9. The fourth-order valence-corrected chi connectivity index (χ4v) is 10.2. The number of carbonyl (C=O) groups is 3. The van der Waals surface area contributed by atoms with E-state index < -0.39 is 35.2 Å².